The van der Waals surface area contributed by atoms with E-state index in [0.717, 1.165) is 12.0 Å². The van der Waals surface area contributed by atoms with Gasteiger partial charge in [-0.25, -0.2) is 4.39 Å². The molecule has 0 radical (unpaired) electrons. The van der Waals surface area contributed by atoms with E-state index < -0.39 is 0 Å². The van der Waals surface area contributed by atoms with Crippen LogP contribution in [0.1, 0.15) is 38.2 Å². The van der Waals surface area contributed by atoms with E-state index in [1.807, 2.05) is 0 Å². The molecule has 1 aromatic rings. The lowest BCUT2D eigenvalue weighted by molar-refractivity contribution is 0.308. The molecule has 2 rings (SSSR count). The van der Waals surface area contributed by atoms with Crippen LogP contribution in [-0.4, -0.2) is 16.3 Å². The summed E-state index contributed by atoms with van der Waals surface area (Å²) >= 11 is 10.5. The Balaban J connectivity index is 1.65. The molecule has 1 aliphatic rings. The molecule has 0 saturated heterocycles. The fourth-order valence-corrected chi connectivity index (χ4v) is 3.00. The lowest BCUT2D eigenvalue weighted by Gasteiger charge is -2.30. The van der Waals surface area contributed by atoms with Crippen LogP contribution in [0.5, 0.6) is 0 Å². The van der Waals surface area contributed by atoms with Crippen LogP contribution in [0, 0.1) is 11.7 Å². The van der Waals surface area contributed by atoms with Crippen molar-refractivity contribution in [2.24, 2.45) is 5.92 Å². The highest BCUT2D eigenvalue weighted by molar-refractivity contribution is 7.80. The summed E-state index contributed by atoms with van der Waals surface area (Å²) in [5.41, 5.74) is 6.71. The first-order valence-electron chi connectivity index (χ1n) is 7.89. The van der Waals surface area contributed by atoms with Gasteiger partial charge in [0.2, 0.25) is 0 Å². The maximum absolute atomic E-state index is 12.8. The number of hydrogen-bond donors (Lipinski definition) is 4. The molecule has 23 heavy (non-hydrogen) atoms. The summed E-state index contributed by atoms with van der Waals surface area (Å²) in [6, 6.07) is 6.71. The molecule has 126 valence electrons. The summed E-state index contributed by atoms with van der Waals surface area (Å²) in [4.78, 5) is 0. The third kappa shape index (κ3) is 6.27. The number of halogens is 1. The number of rotatable bonds is 3. The van der Waals surface area contributed by atoms with Crippen LogP contribution < -0.4 is 21.5 Å². The van der Waals surface area contributed by atoms with E-state index >= 15 is 0 Å². The summed E-state index contributed by atoms with van der Waals surface area (Å²) in [5, 5.41) is 7.36. The number of thiocarbonyl (C=S) groups is 2. The van der Waals surface area contributed by atoms with Crippen molar-refractivity contribution in [1.82, 2.24) is 21.5 Å². The van der Waals surface area contributed by atoms with Crippen LogP contribution >= 0.6 is 24.4 Å². The lowest BCUT2D eigenvalue weighted by atomic mass is 9.86. The van der Waals surface area contributed by atoms with E-state index in [9.17, 15) is 4.39 Å². The molecule has 0 aromatic heterocycles. The molecule has 0 unspecified atom stereocenters. The van der Waals surface area contributed by atoms with Crippen LogP contribution in [0.2, 0.25) is 0 Å². The number of hydrazine groups is 1. The Bertz CT molecular complexity index is 535. The van der Waals surface area contributed by atoms with E-state index in [1.165, 1.54) is 31.4 Å². The van der Waals surface area contributed by atoms with Gasteiger partial charge in [-0.1, -0.05) is 31.9 Å². The molecule has 2 atom stereocenters. The Kier molecular flexibility index (Phi) is 6.98. The van der Waals surface area contributed by atoms with E-state index in [1.54, 1.807) is 12.1 Å². The third-order valence-electron chi connectivity index (χ3n) is 4.08. The van der Waals surface area contributed by atoms with Crippen molar-refractivity contribution in [3.05, 3.63) is 35.6 Å². The smallest absolute Gasteiger partial charge is 0.185 e. The summed E-state index contributed by atoms with van der Waals surface area (Å²) < 4.78 is 12.8. The summed E-state index contributed by atoms with van der Waals surface area (Å²) in [7, 11) is 0. The topological polar surface area (TPSA) is 48.1 Å². The highest BCUT2D eigenvalue weighted by Gasteiger charge is 2.21. The maximum Gasteiger partial charge on any atom is 0.185 e. The Morgan fingerprint density at radius 3 is 2.43 bits per heavy atom. The van der Waals surface area contributed by atoms with Gasteiger partial charge in [-0.3, -0.25) is 10.9 Å². The SMILES string of the molecule is C[C@H]1CCCC[C@@H]1NC(=S)NNC(=S)NCc1ccc(F)cc1. The van der Waals surface area contributed by atoms with Crippen molar-refractivity contribution < 1.29 is 4.39 Å². The first-order valence-corrected chi connectivity index (χ1v) is 8.71. The molecule has 0 amide bonds. The second-order valence-corrected chi connectivity index (χ2v) is 6.72. The van der Waals surface area contributed by atoms with Crippen LogP contribution in [0.25, 0.3) is 0 Å². The van der Waals surface area contributed by atoms with Gasteiger partial charge in [0, 0.05) is 12.6 Å². The summed E-state index contributed by atoms with van der Waals surface area (Å²) in [6.07, 6.45) is 4.94. The van der Waals surface area contributed by atoms with Crippen molar-refractivity contribution in [2.75, 3.05) is 0 Å². The normalized spacial score (nSPS) is 20.4. The van der Waals surface area contributed by atoms with E-state index in [4.69, 9.17) is 24.4 Å². The minimum absolute atomic E-state index is 0.246. The summed E-state index contributed by atoms with van der Waals surface area (Å²) in [6.45, 7) is 2.77. The molecule has 0 aliphatic heterocycles. The molecule has 1 fully saturated rings. The Morgan fingerprint density at radius 1 is 1.09 bits per heavy atom. The molecular formula is C16H23FN4S2. The fourth-order valence-electron chi connectivity index (χ4n) is 2.68. The van der Waals surface area contributed by atoms with Crippen LogP contribution in [0.3, 0.4) is 0 Å². The highest BCUT2D eigenvalue weighted by atomic mass is 32.1. The van der Waals surface area contributed by atoms with Gasteiger partial charge in [0.25, 0.3) is 0 Å². The second-order valence-electron chi connectivity index (χ2n) is 5.90. The molecule has 7 heteroatoms. The second kappa shape index (κ2) is 8.98. The van der Waals surface area contributed by atoms with Crippen molar-refractivity contribution in [1.29, 1.82) is 0 Å². The highest BCUT2D eigenvalue weighted by Crippen LogP contribution is 2.23. The van der Waals surface area contributed by atoms with Crippen molar-refractivity contribution in [3.8, 4) is 0 Å². The first kappa shape index (κ1) is 17.9. The van der Waals surface area contributed by atoms with Crippen LogP contribution in [0.15, 0.2) is 24.3 Å². The van der Waals surface area contributed by atoms with E-state index in [0.29, 0.717) is 28.7 Å². The summed E-state index contributed by atoms with van der Waals surface area (Å²) in [5.74, 6) is 0.386. The minimum atomic E-state index is -0.246. The monoisotopic (exact) mass is 354 g/mol. The molecule has 4 nitrogen and oxygen atoms in total. The Labute approximate surface area is 147 Å². The lowest BCUT2D eigenvalue weighted by Crippen LogP contribution is -2.53. The zero-order valence-corrected chi connectivity index (χ0v) is 14.8. The van der Waals surface area contributed by atoms with Crippen molar-refractivity contribution >= 4 is 34.7 Å². The molecule has 1 aliphatic carbocycles. The molecule has 1 aromatic carbocycles. The van der Waals surface area contributed by atoms with E-state index in [2.05, 4.69) is 28.4 Å². The standard InChI is InChI=1S/C16H23FN4S2/c1-11-4-2-3-5-14(11)19-16(23)21-20-15(22)18-10-12-6-8-13(17)9-7-12/h6-9,11,14H,2-5,10H2,1H3,(H2,18,20,22)(H2,19,21,23)/t11-,14-/m0/s1. The van der Waals surface area contributed by atoms with Gasteiger partial charge in [0.05, 0.1) is 0 Å². The largest absolute Gasteiger partial charge is 0.358 e. The molecule has 1 saturated carbocycles. The van der Waals surface area contributed by atoms with Crippen molar-refractivity contribution in [2.45, 2.75) is 45.2 Å². The van der Waals surface area contributed by atoms with Crippen LogP contribution in [0.4, 0.5) is 4.39 Å². The predicted octanol–water partition coefficient (Wildman–Crippen LogP) is 2.75. The number of hydrogen-bond acceptors (Lipinski definition) is 2. The van der Waals surface area contributed by atoms with Gasteiger partial charge in [-0.2, -0.15) is 0 Å². The number of benzene rings is 1. The Hall–Kier alpha value is -1.47. The van der Waals surface area contributed by atoms with Gasteiger partial charge in [0.1, 0.15) is 5.82 Å². The average Bonchev–Trinajstić information content (AvgIpc) is 2.54. The van der Waals surface area contributed by atoms with Crippen LogP contribution in [-0.2, 0) is 6.54 Å². The quantitative estimate of drug-likeness (QED) is 0.495. The zero-order valence-electron chi connectivity index (χ0n) is 13.2. The van der Waals surface area contributed by atoms with Gasteiger partial charge in [0.15, 0.2) is 10.2 Å². The zero-order chi connectivity index (χ0) is 16.7. The fraction of sp³-hybridized carbons (Fsp3) is 0.500. The predicted molar refractivity (Wildman–Crippen MR) is 99.3 cm³/mol. The van der Waals surface area contributed by atoms with Gasteiger partial charge >= 0.3 is 0 Å². The minimum Gasteiger partial charge on any atom is -0.358 e. The van der Waals surface area contributed by atoms with Gasteiger partial charge < -0.3 is 10.6 Å². The third-order valence-corrected chi connectivity index (χ3v) is 4.55. The van der Waals surface area contributed by atoms with Gasteiger partial charge in [-0.05, 0) is 60.9 Å². The molecule has 0 heterocycles. The van der Waals surface area contributed by atoms with Crippen molar-refractivity contribution in [3.63, 3.8) is 0 Å². The average molecular weight is 355 g/mol. The Morgan fingerprint density at radius 2 is 1.74 bits per heavy atom. The molecular weight excluding hydrogens is 331 g/mol. The van der Waals surface area contributed by atoms with E-state index in [-0.39, 0.29) is 5.82 Å². The maximum atomic E-state index is 12.8. The van der Waals surface area contributed by atoms with Gasteiger partial charge in [-0.15, -0.1) is 0 Å². The number of nitrogens with one attached hydrogen (secondary N) is 4. The molecule has 0 spiro atoms. The first-order chi connectivity index (χ1) is 11.0. The molecule has 4 N–H and O–H groups in total. The molecule has 0 bridgehead atoms.